The number of carbonyl (C=O) groups is 3. The molecule has 0 spiro atoms. The summed E-state index contributed by atoms with van der Waals surface area (Å²) in [5.41, 5.74) is 4.64. The zero-order valence-corrected chi connectivity index (χ0v) is 18.7. The third-order valence-corrected chi connectivity index (χ3v) is 7.10. The molecule has 2 aromatic rings. The zero-order valence-electron chi connectivity index (χ0n) is 18.7. The first-order valence-corrected chi connectivity index (χ1v) is 11.7. The lowest BCUT2D eigenvalue weighted by Gasteiger charge is -2.19. The van der Waals surface area contributed by atoms with Crippen LogP contribution in [0.3, 0.4) is 0 Å². The zero-order chi connectivity index (χ0) is 23.7. The Kier molecular flexibility index (Phi) is 6.24. The van der Waals surface area contributed by atoms with Crippen LogP contribution in [0.15, 0.2) is 48.5 Å². The molecule has 2 unspecified atom stereocenters. The smallest absolute Gasteiger partial charge is 0.407 e. The Balaban J connectivity index is 1.10. The molecule has 3 N–H and O–H groups in total. The number of carboxylic acid groups (broad SMARTS) is 1. The number of alkyl carbamates (subject to hydrolysis) is 1. The number of fused-ring (bicyclic) bond motifs is 3. The predicted octanol–water partition coefficient (Wildman–Crippen LogP) is 2.77. The molecular weight excluding hydrogens is 436 g/mol. The van der Waals surface area contributed by atoms with Crippen molar-refractivity contribution in [2.75, 3.05) is 26.3 Å². The first-order chi connectivity index (χ1) is 16.5. The van der Waals surface area contributed by atoms with Crippen molar-refractivity contribution in [3.63, 3.8) is 0 Å². The number of rotatable bonds is 8. The maximum absolute atomic E-state index is 12.5. The van der Waals surface area contributed by atoms with Gasteiger partial charge < -0.3 is 25.2 Å². The SMILES string of the molecule is O=C(NCC1CCOC1C(=O)NC[C@@H]1C[C@@H]1C(=O)O)OCC1c2ccccc2-c2ccccc21. The van der Waals surface area contributed by atoms with Crippen LogP contribution in [-0.4, -0.2) is 55.5 Å². The first-order valence-electron chi connectivity index (χ1n) is 11.7. The quantitative estimate of drug-likeness (QED) is 0.554. The van der Waals surface area contributed by atoms with Crippen LogP contribution in [0.2, 0.25) is 0 Å². The Hall–Kier alpha value is -3.39. The van der Waals surface area contributed by atoms with Gasteiger partial charge in [-0.1, -0.05) is 48.5 Å². The number of carbonyl (C=O) groups excluding carboxylic acids is 2. The summed E-state index contributed by atoms with van der Waals surface area (Å²) in [5, 5.41) is 14.6. The summed E-state index contributed by atoms with van der Waals surface area (Å²) in [6.45, 7) is 1.28. The monoisotopic (exact) mass is 464 g/mol. The average molecular weight is 465 g/mol. The summed E-state index contributed by atoms with van der Waals surface area (Å²) in [4.78, 5) is 35.9. The molecule has 2 fully saturated rings. The highest BCUT2D eigenvalue weighted by molar-refractivity contribution is 5.82. The van der Waals surface area contributed by atoms with E-state index < -0.39 is 18.2 Å². The minimum atomic E-state index is -0.818. The molecule has 2 aromatic carbocycles. The number of nitrogens with one attached hydrogen (secondary N) is 2. The van der Waals surface area contributed by atoms with Crippen LogP contribution >= 0.6 is 0 Å². The third-order valence-electron chi connectivity index (χ3n) is 7.10. The van der Waals surface area contributed by atoms with Crippen molar-refractivity contribution in [1.82, 2.24) is 10.6 Å². The molecule has 1 heterocycles. The average Bonchev–Trinajstić information content (AvgIpc) is 3.36. The Bertz CT molecular complexity index is 1060. The topological polar surface area (TPSA) is 114 Å². The third kappa shape index (κ3) is 4.50. The molecular formula is C26H28N2O6. The second kappa shape index (κ2) is 9.46. The number of benzene rings is 2. The molecule has 4 atom stereocenters. The van der Waals surface area contributed by atoms with Crippen LogP contribution in [0.1, 0.15) is 29.9 Å². The summed E-state index contributed by atoms with van der Waals surface area (Å²) in [5.74, 6) is -1.62. The normalized spacial score (nSPS) is 24.7. The highest BCUT2D eigenvalue weighted by atomic mass is 16.5. The van der Waals surface area contributed by atoms with Crippen molar-refractivity contribution in [3.05, 3.63) is 59.7 Å². The van der Waals surface area contributed by atoms with Crippen molar-refractivity contribution in [3.8, 4) is 11.1 Å². The van der Waals surface area contributed by atoms with Gasteiger partial charge in [-0.2, -0.15) is 0 Å². The Morgan fingerprint density at radius 3 is 2.24 bits per heavy atom. The number of hydrogen-bond acceptors (Lipinski definition) is 5. The van der Waals surface area contributed by atoms with Crippen LogP contribution < -0.4 is 10.6 Å². The van der Waals surface area contributed by atoms with E-state index in [1.807, 2.05) is 24.3 Å². The van der Waals surface area contributed by atoms with Crippen LogP contribution in [0.25, 0.3) is 11.1 Å². The van der Waals surface area contributed by atoms with Crippen LogP contribution in [0.5, 0.6) is 0 Å². The lowest BCUT2D eigenvalue weighted by Crippen LogP contribution is -2.43. The summed E-state index contributed by atoms with van der Waals surface area (Å²) in [7, 11) is 0. The van der Waals surface area contributed by atoms with E-state index in [4.69, 9.17) is 14.6 Å². The van der Waals surface area contributed by atoms with Gasteiger partial charge in [0.2, 0.25) is 5.91 Å². The van der Waals surface area contributed by atoms with Crippen LogP contribution in [0.4, 0.5) is 4.79 Å². The highest BCUT2D eigenvalue weighted by Gasteiger charge is 2.44. The van der Waals surface area contributed by atoms with E-state index in [2.05, 4.69) is 34.9 Å². The number of ether oxygens (including phenoxy) is 2. The maximum atomic E-state index is 12.5. The molecule has 1 saturated heterocycles. The Morgan fingerprint density at radius 2 is 1.59 bits per heavy atom. The van der Waals surface area contributed by atoms with Gasteiger partial charge in [0.25, 0.3) is 0 Å². The van der Waals surface area contributed by atoms with E-state index in [1.165, 1.54) is 11.1 Å². The fourth-order valence-corrected chi connectivity index (χ4v) is 5.10. The molecule has 2 aliphatic carbocycles. The molecule has 0 bridgehead atoms. The summed E-state index contributed by atoms with van der Waals surface area (Å²) < 4.78 is 11.2. The molecule has 3 aliphatic rings. The van der Waals surface area contributed by atoms with Gasteiger partial charge in [-0.3, -0.25) is 9.59 Å². The van der Waals surface area contributed by atoms with E-state index in [9.17, 15) is 14.4 Å². The molecule has 34 heavy (non-hydrogen) atoms. The molecule has 0 aromatic heterocycles. The molecule has 8 nitrogen and oxygen atoms in total. The first kappa shape index (κ1) is 22.4. The molecule has 2 amide bonds. The van der Waals surface area contributed by atoms with Gasteiger partial charge in [0.1, 0.15) is 12.7 Å². The lowest BCUT2D eigenvalue weighted by atomic mass is 9.98. The minimum Gasteiger partial charge on any atom is -0.481 e. The Labute approximate surface area is 197 Å². The van der Waals surface area contributed by atoms with Crippen molar-refractivity contribution in [2.45, 2.75) is 24.9 Å². The van der Waals surface area contributed by atoms with Gasteiger partial charge >= 0.3 is 12.1 Å². The number of hydrogen-bond donors (Lipinski definition) is 3. The molecule has 1 saturated carbocycles. The number of aliphatic carboxylic acids is 1. The number of amides is 2. The molecule has 5 rings (SSSR count). The van der Waals surface area contributed by atoms with E-state index in [-0.39, 0.29) is 42.7 Å². The standard InChI is InChI=1S/C26H28N2O6/c29-24(27-13-16-11-21(16)25(30)31)23-15(9-10-33-23)12-28-26(32)34-14-22-19-7-3-1-5-17(19)18-6-2-4-8-20(18)22/h1-8,15-16,21-23H,9-14H2,(H,27,29)(H,28,32)(H,30,31)/t15?,16-,21-,23?/m0/s1. The second-order valence-electron chi connectivity index (χ2n) is 9.23. The van der Waals surface area contributed by atoms with Crippen LogP contribution in [0, 0.1) is 17.8 Å². The van der Waals surface area contributed by atoms with Gasteiger partial charge in [-0.25, -0.2) is 4.79 Å². The molecule has 0 radical (unpaired) electrons. The van der Waals surface area contributed by atoms with Gasteiger partial charge in [-0.05, 0) is 41.0 Å². The molecule has 178 valence electrons. The summed E-state index contributed by atoms with van der Waals surface area (Å²) >= 11 is 0. The molecule has 1 aliphatic heterocycles. The largest absolute Gasteiger partial charge is 0.481 e. The summed E-state index contributed by atoms with van der Waals surface area (Å²) in [6, 6.07) is 16.3. The van der Waals surface area contributed by atoms with Gasteiger partial charge in [0.05, 0.1) is 5.92 Å². The van der Waals surface area contributed by atoms with E-state index >= 15 is 0 Å². The Morgan fingerprint density at radius 1 is 0.941 bits per heavy atom. The minimum absolute atomic E-state index is 0.0106. The van der Waals surface area contributed by atoms with Gasteiger partial charge in [0, 0.05) is 31.5 Å². The van der Waals surface area contributed by atoms with E-state index in [1.54, 1.807) is 0 Å². The lowest BCUT2D eigenvalue weighted by molar-refractivity contribution is -0.139. The highest BCUT2D eigenvalue weighted by Crippen LogP contribution is 2.44. The van der Waals surface area contributed by atoms with Gasteiger partial charge in [-0.15, -0.1) is 0 Å². The number of carboxylic acids is 1. The van der Waals surface area contributed by atoms with E-state index in [0.29, 0.717) is 26.0 Å². The predicted molar refractivity (Wildman–Crippen MR) is 123 cm³/mol. The van der Waals surface area contributed by atoms with E-state index in [0.717, 1.165) is 11.1 Å². The van der Waals surface area contributed by atoms with Crippen molar-refractivity contribution < 1.29 is 29.0 Å². The maximum Gasteiger partial charge on any atom is 0.407 e. The van der Waals surface area contributed by atoms with Crippen molar-refractivity contribution >= 4 is 18.0 Å². The fourth-order valence-electron chi connectivity index (χ4n) is 5.10. The molecule has 8 heteroatoms. The van der Waals surface area contributed by atoms with Crippen molar-refractivity contribution in [2.24, 2.45) is 17.8 Å². The second-order valence-corrected chi connectivity index (χ2v) is 9.23. The van der Waals surface area contributed by atoms with Gasteiger partial charge in [0.15, 0.2) is 0 Å². The summed E-state index contributed by atoms with van der Waals surface area (Å²) in [6.07, 6.45) is 0.0720. The van der Waals surface area contributed by atoms with Crippen molar-refractivity contribution in [1.29, 1.82) is 0 Å². The fraction of sp³-hybridized carbons (Fsp3) is 0.423. The van der Waals surface area contributed by atoms with Crippen LogP contribution in [-0.2, 0) is 19.1 Å².